The third-order valence-electron chi connectivity index (χ3n) is 11.3. The van der Waals surface area contributed by atoms with Crippen LogP contribution in [0.15, 0.2) is 97.3 Å². The van der Waals surface area contributed by atoms with Crippen molar-refractivity contribution in [2.24, 2.45) is 0 Å². The average Bonchev–Trinajstić information content (AvgIpc) is 3.74. The molecule has 3 atom stereocenters. The van der Waals surface area contributed by atoms with Gasteiger partial charge in [0.15, 0.2) is 0 Å². The minimum atomic E-state index is -1.04. The fourth-order valence-electron chi connectivity index (χ4n) is 8.66. The number of carbonyl (C=O) groups is 3. The van der Waals surface area contributed by atoms with Crippen molar-refractivity contribution in [3.63, 3.8) is 0 Å². The fourth-order valence-corrected chi connectivity index (χ4v) is 8.66. The lowest BCUT2D eigenvalue weighted by atomic mass is 9.87. The Balaban J connectivity index is 1.24. The van der Waals surface area contributed by atoms with Gasteiger partial charge in [-0.15, -0.1) is 0 Å². The molecular formula is C47H56N4O5. The molecule has 0 spiro atoms. The average molecular weight is 757 g/mol. The molecule has 0 radical (unpaired) electrons. The van der Waals surface area contributed by atoms with Crippen LogP contribution in [0.1, 0.15) is 114 Å². The SMILES string of the molecule is CC(C)(C)O[C@@H]1C[C@H](C(=O)N(c2ccc(C(C)(C)C)cc2)C(C(=O)NC2CCCCC2)c2cccnc2)N(C(=O)OCC2c3ccccc3-c3ccccc32)C1. The Kier molecular flexibility index (Phi) is 11.4. The van der Waals surface area contributed by atoms with Crippen molar-refractivity contribution in [2.75, 3.05) is 18.1 Å². The molecule has 1 unspecified atom stereocenters. The van der Waals surface area contributed by atoms with Gasteiger partial charge in [0.25, 0.3) is 5.91 Å². The summed E-state index contributed by atoms with van der Waals surface area (Å²) in [6.07, 6.45) is 7.58. The van der Waals surface area contributed by atoms with Gasteiger partial charge in [-0.2, -0.15) is 0 Å². The molecule has 1 saturated heterocycles. The summed E-state index contributed by atoms with van der Waals surface area (Å²) < 4.78 is 12.6. The van der Waals surface area contributed by atoms with E-state index in [1.165, 1.54) is 4.90 Å². The largest absolute Gasteiger partial charge is 0.448 e. The molecule has 3 aromatic carbocycles. The molecule has 9 nitrogen and oxygen atoms in total. The Hall–Kier alpha value is -5.02. The maximum Gasteiger partial charge on any atom is 0.410 e. The third-order valence-corrected chi connectivity index (χ3v) is 11.3. The van der Waals surface area contributed by atoms with Gasteiger partial charge >= 0.3 is 6.09 Å². The smallest absolute Gasteiger partial charge is 0.410 e. The summed E-state index contributed by atoms with van der Waals surface area (Å²) in [7, 11) is 0. The molecule has 1 aromatic heterocycles. The van der Waals surface area contributed by atoms with E-state index in [0.29, 0.717) is 11.3 Å². The lowest BCUT2D eigenvalue weighted by Gasteiger charge is -2.36. The molecule has 0 bridgehead atoms. The van der Waals surface area contributed by atoms with Crippen LogP contribution < -0.4 is 10.2 Å². The van der Waals surface area contributed by atoms with Gasteiger partial charge in [-0.1, -0.05) is 107 Å². The van der Waals surface area contributed by atoms with Crippen LogP contribution in [0.25, 0.3) is 11.1 Å². The number of hydrogen-bond donors (Lipinski definition) is 1. The number of ether oxygens (including phenoxy) is 2. The Bertz CT molecular complexity index is 1970. The van der Waals surface area contributed by atoms with Crippen LogP contribution in [0.4, 0.5) is 10.5 Å². The van der Waals surface area contributed by atoms with E-state index < -0.39 is 29.9 Å². The van der Waals surface area contributed by atoms with Crippen LogP contribution in [0, 0.1) is 0 Å². The first kappa shape index (κ1) is 39.2. The fraction of sp³-hybridized carbons (Fsp3) is 0.447. The van der Waals surface area contributed by atoms with Crippen molar-refractivity contribution in [3.05, 3.63) is 120 Å². The molecule has 2 aliphatic carbocycles. The topological polar surface area (TPSA) is 101 Å². The zero-order valence-electron chi connectivity index (χ0n) is 33.7. The van der Waals surface area contributed by atoms with Crippen molar-refractivity contribution in [3.8, 4) is 11.1 Å². The molecule has 2 fully saturated rings. The van der Waals surface area contributed by atoms with Crippen LogP contribution in [-0.4, -0.2) is 64.7 Å². The first-order chi connectivity index (χ1) is 26.8. The predicted octanol–water partition coefficient (Wildman–Crippen LogP) is 9.11. The number of rotatable bonds is 9. The number of benzene rings is 3. The number of amides is 3. The molecule has 1 saturated carbocycles. The van der Waals surface area contributed by atoms with Crippen molar-refractivity contribution < 1.29 is 23.9 Å². The summed E-state index contributed by atoms with van der Waals surface area (Å²) in [6, 6.07) is 25.9. The van der Waals surface area contributed by atoms with E-state index in [4.69, 9.17) is 9.47 Å². The van der Waals surface area contributed by atoms with E-state index >= 15 is 4.79 Å². The van der Waals surface area contributed by atoms with Gasteiger partial charge < -0.3 is 14.8 Å². The van der Waals surface area contributed by atoms with E-state index in [1.807, 2.05) is 75.4 Å². The number of anilines is 1. The minimum absolute atomic E-state index is 0.0176. The van der Waals surface area contributed by atoms with Gasteiger partial charge in [0.2, 0.25) is 5.91 Å². The monoisotopic (exact) mass is 756 g/mol. The van der Waals surface area contributed by atoms with E-state index in [9.17, 15) is 9.59 Å². The summed E-state index contributed by atoms with van der Waals surface area (Å²) in [5.74, 6) is -0.790. The summed E-state index contributed by atoms with van der Waals surface area (Å²) in [6.45, 7) is 12.6. The lowest BCUT2D eigenvalue weighted by Crippen LogP contribution is -2.53. The normalized spacial score (nSPS) is 19.2. The van der Waals surface area contributed by atoms with Crippen molar-refractivity contribution in [2.45, 2.75) is 121 Å². The number of hydrogen-bond acceptors (Lipinski definition) is 6. The summed E-state index contributed by atoms with van der Waals surface area (Å²) >= 11 is 0. The van der Waals surface area contributed by atoms with Crippen molar-refractivity contribution >= 4 is 23.6 Å². The molecule has 7 rings (SSSR count). The van der Waals surface area contributed by atoms with Crippen LogP contribution in [0.5, 0.6) is 0 Å². The summed E-state index contributed by atoms with van der Waals surface area (Å²) in [5.41, 5.74) is 6.09. The highest BCUT2D eigenvalue weighted by molar-refractivity contribution is 6.05. The second-order valence-corrected chi connectivity index (χ2v) is 17.6. The van der Waals surface area contributed by atoms with Crippen LogP contribution in [0.2, 0.25) is 0 Å². The quantitative estimate of drug-likeness (QED) is 0.183. The van der Waals surface area contributed by atoms with Gasteiger partial charge in [0.1, 0.15) is 18.7 Å². The zero-order valence-corrected chi connectivity index (χ0v) is 33.7. The molecule has 3 aliphatic rings. The van der Waals surface area contributed by atoms with Gasteiger partial charge in [0, 0.05) is 42.0 Å². The number of pyridine rings is 1. The minimum Gasteiger partial charge on any atom is -0.448 e. The van der Waals surface area contributed by atoms with E-state index in [2.05, 4.69) is 55.3 Å². The maximum absolute atomic E-state index is 15.5. The third kappa shape index (κ3) is 8.53. The number of nitrogens with zero attached hydrogens (tertiary/aromatic N) is 3. The Morgan fingerprint density at radius 1 is 0.839 bits per heavy atom. The van der Waals surface area contributed by atoms with Crippen LogP contribution in [0.3, 0.4) is 0 Å². The highest BCUT2D eigenvalue weighted by atomic mass is 16.6. The molecule has 2 heterocycles. The molecular weight excluding hydrogens is 701 g/mol. The van der Waals surface area contributed by atoms with Crippen LogP contribution in [-0.2, 0) is 24.5 Å². The molecule has 9 heteroatoms. The molecule has 3 amide bonds. The number of likely N-dealkylation sites (tertiary alicyclic amines) is 1. The number of nitrogens with one attached hydrogen (secondary N) is 1. The van der Waals surface area contributed by atoms with E-state index in [1.54, 1.807) is 23.4 Å². The standard InChI is InChI=1S/C47H56N4O5/c1-46(2,3)32-22-24-34(25-23-32)51(42(31-15-14-26-48-28-31)43(52)49-33-16-8-7-9-17-33)44(53)41-27-35(56-47(4,5)6)29-50(41)45(54)55-30-40-38-20-12-10-18-36(38)37-19-11-13-21-39(37)40/h10-15,18-26,28,33,35,40-42H,7-9,16-17,27,29-30H2,1-6H3,(H,49,52)/t35-,41-,42?/m1/s1. The summed E-state index contributed by atoms with van der Waals surface area (Å²) in [4.78, 5) is 52.0. The number of carbonyl (C=O) groups excluding carboxylic acids is 3. The Morgan fingerprint density at radius 3 is 2.07 bits per heavy atom. The van der Waals surface area contributed by atoms with Crippen molar-refractivity contribution in [1.29, 1.82) is 0 Å². The highest BCUT2D eigenvalue weighted by Gasteiger charge is 2.47. The first-order valence-electron chi connectivity index (χ1n) is 20.2. The summed E-state index contributed by atoms with van der Waals surface area (Å²) in [5, 5.41) is 3.30. The van der Waals surface area contributed by atoms with Crippen LogP contribution >= 0.6 is 0 Å². The maximum atomic E-state index is 15.5. The second kappa shape index (κ2) is 16.2. The predicted molar refractivity (Wildman–Crippen MR) is 219 cm³/mol. The molecule has 56 heavy (non-hydrogen) atoms. The van der Waals surface area contributed by atoms with Gasteiger partial charge in [-0.05, 0) is 85.0 Å². The molecule has 294 valence electrons. The van der Waals surface area contributed by atoms with E-state index in [-0.39, 0.29) is 48.8 Å². The Labute approximate surface area is 331 Å². The van der Waals surface area contributed by atoms with Gasteiger partial charge in [0.05, 0.1) is 18.2 Å². The van der Waals surface area contributed by atoms with Gasteiger partial charge in [-0.3, -0.25) is 24.4 Å². The van der Waals surface area contributed by atoms with Crippen molar-refractivity contribution in [1.82, 2.24) is 15.2 Å². The number of aromatic nitrogens is 1. The highest BCUT2D eigenvalue weighted by Crippen LogP contribution is 2.45. The zero-order chi connectivity index (χ0) is 39.6. The second-order valence-electron chi connectivity index (χ2n) is 17.6. The van der Waals surface area contributed by atoms with E-state index in [0.717, 1.165) is 59.9 Å². The molecule has 1 aliphatic heterocycles. The lowest BCUT2D eigenvalue weighted by molar-refractivity contribution is -0.129. The molecule has 1 N–H and O–H groups in total. The molecule has 4 aromatic rings. The Morgan fingerprint density at radius 2 is 1.48 bits per heavy atom. The first-order valence-corrected chi connectivity index (χ1v) is 20.2. The number of fused-ring (bicyclic) bond motifs is 3. The van der Waals surface area contributed by atoms with Gasteiger partial charge in [-0.25, -0.2) is 4.79 Å².